The van der Waals surface area contributed by atoms with E-state index in [1.54, 1.807) is 4.90 Å². The molecule has 3 saturated carbocycles. The Morgan fingerprint density at radius 2 is 1.71 bits per heavy atom. The number of carbonyl (C=O) groups is 1. The van der Waals surface area contributed by atoms with Crippen LogP contribution in [-0.2, 0) is 4.79 Å². The maximum absolute atomic E-state index is 14.1. The van der Waals surface area contributed by atoms with E-state index in [1.165, 1.54) is 51.4 Å². The predicted molar refractivity (Wildman–Crippen MR) is 146 cm³/mol. The molecule has 1 aromatic carbocycles. The zero-order chi connectivity index (χ0) is 25.8. The lowest BCUT2D eigenvalue weighted by molar-refractivity contribution is -0.140. The van der Waals surface area contributed by atoms with E-state index in [-0.39, 0.29) is 11.6 Å². The standard InChI is InChI=1S/C31H40N4O3/c1-31-17-18-11-19(31)13-20(31)14-23(12-18)34-21-5-4-6-22(34)16-24(15-21)35-26-8-3-2-7-25(26)32-28(29(35)36)33-10-9-27(33)30(37)38/h2-3,7-8,18-24,27H,4-6,9-17H2,1H3,(H,37,38)/t18-,19+,20+,21-,22+,23-,24?,27-,31?/m1/s1. The van der Waals surface area contributed by atoms with Gasteiger partial charge in [0.1, 0.15) is 6.04 Å². The Morgan fingerprint density at radius 1 is 0.947 bits per heavy atom. The van der Waals surface area contributed by atoms with E-state index in [2.05, 4.69) is 11.8 Å². The van der Waals surface area contributed by atoms with Gasteiger partial charge in [-0.25, -0.2) is 9.78 Å². The molecule has 1 N–H and O–H groups in total. The molecule has 3 saturated heterocycles. The van der Waals surface area contributed by atoms with E-state index in [0.717, 1.165) is 41.6 Å². The molecule has 7 nitrogen and oxygen atoms in total. The number of hydrogen-bond acceptors (Lipinski definition) is 5. The van der Waals surface area contributed by atoms with Crippen LogP contribution in [0.5, 0.6) is 0 Å². The number of benzene rings is 1. The Kier molecular flexibility index (Phi) is 5.12. The summed E-state index contributed by atoms with van der Waals surface area (Å²) >= 11 is 0. The number of anilines is 1. The van der Waals surface area contributed by atoms with Crippen LogP contribution in [0.15, 0.2) is 29.1 Å². The molecule has 4 heterocycles. The van der Waals surface area contributed by atoms with Crippen LogP contribution in [0.3, 0.4) is 0 Å². The van der Waals surface area contributed by atoms with Gasteiger partial charge in [-0.1, -0.05) is 25.5 Å². The van der Waals surface area contributed by atoms with E-state index < -0.39 is 12.0 Å². The molecule has 202 valence electrons. The van der Waals surface area contributed by atoms with E-state index in [1.807, 2.05) is 28.8 Å². The maximum Gasteiger partial charge on any atom is 0.326 e. The van der Waals surface area contributed by atoms with E-state index >= 15 is 0 Å². The number of aliphatic carboxylic acids is 1. The summed E-state index contributed by atoms with van der Waals surface area (Å²) in [6.45, 7) is 3.16. The highest BCUT2D eigenvalue weighted by atomic mass is 16.4. The number of fused-ring (bicyclic) bond motifs is 4. The van der Waals surface area contributed by atoms with Crippen molar-refractivity contribution in [1.29, 1.82) is 0 Å². The van der Waals surface area contributed by atoms with Gasteiger partial charge in [-0.05, 0) is 99.5 Å². The van der Waals surface area contributed by atoms with Gasteiger partial charge in [-0.3, -0.25) is 9.69 Å². The first kappa shape index (κ1) is 23.5. The highest BCUT2D eigenvalue weighted by Crippen LogP contribution is 2.67. The van der Waals surface area contributed by atoms with Gasteiger partial charge in [0.05, 0.1) is 11.0 Å². The Hall–Kier alpha value is -2.41. The number of hydrogen-bond donors (Lipinski definition) is 1. The second-order valence-electron chi connectivity index (χ2n) is 13.8. The normalized spacial score (nSPS) is 41.9. The minimum atomic E-state index is -0.872. The third-order valence-corrected chi connectivity index (χ3v) is 12.1. The number of carboxylic acids is 1. The molecule has 2 aromatic rings. The summed E-state index contributed by atoms with van der Waals surface area (Å²) in [5.41, 5.74) is 2.20. The van der Waals surface area contributed by atoms with Gasteiger partial charge >= 0.3 is 5.97 Å². The predicted octanol–water partition coefficient (Wildman–Crippen LogP) is 4.83. The molecular formula is C31H40N4O3. The smallest absolute Gasteiger partial charge is 0.326 e. The van der Waals surface area contributed by atoms with Gasteiger partial charge in [0.2, 0.25) is 0 Å². The van der Waals surface area contributed by atoms with Gasteiger partial charge in [0, 0.05) is 30.7 Å². The third-order valence-electron chi connectivity index (χ3n) is 12.1. The van der Waals surface area contributed by atoms with Crippen LogP contribution < -0.4 is 10.5 Å². The molecule has 2 unspecified atom stereocenters. The van der Waals surface area contributed by atoms with Gasteiger partial charge < -0.3 is 14.6 Å². The Morgan fingerprint density at radius 3 is 2.45 bits per heavy atom. The molecule has 3 aliphatic carbocycles. The van der Waals surface area contributed by atoms with Gasteiger partial charge in [-0.2, -0.15) is 0 Å². The Labute approximate surface area is 224 Å². The zero-order valence-electron chi connectivity index (χ0n) is 22.5. The van der Waals surface area contributed by atoms with Crippen molar-refractivity contribution in [3.63, 3.8) is 0 Å². The largest absolute Gasteiger partial charge is 0.480 e. The maximum atomic E-state index is 14.1. The fraction of sp³-hybridized carbons (Fsp3) is 0.710. The zero-order valence-corrected chi connectivity index (χ0v) is 22.5. The number of piperidine rings is 2. The van der Waals surface area contributed by atoms with Crippen LogP contribution in [-0.4, -0.2) is 56.2 Å². The van der Waals surface area contributed by atoms with Crippen molar-refractivity contribution in [2.45, 2.75) is 108 Å². The second kappa shape index (κ2) is 8.30. The molecule has 1 aromatic heterocycles. The van der Waals surface area contributed by atoms with E-state index in [0.29, 0.717) is 42.3 Å². The molecule has 4 bridgehead atoms. The van der Waals surface area contributed by atoms with Gasteiger partial charge in [-0.15, -0.1) is 0 Å². The van der Waals surface area contributed by atoms with Crippen LogP contribution in [0.25, 0.3) is 11.0 Å². The van der Waals surface area contributed by atoms with Crippen molar-refractivity contribution in [3.8, 4) is 0 Å². The summed E-state index contributed by atoms with van der Waals surface area (Å²) in [7, 11) is 0. The number of carboxylic acid groups (broad SMARTS) is 1. The lowest BCUT2D eigenvalue weighted by Crippen LogP contribution is -2.59. The molecule has 38 heavy (non-hydrogen) atoms. The number of nitrogens with zero attached hydrogens (tertiary/aromatic N) is 4. The van der Waals surface area contributed by atoms with Crippen molar-refractivity contribution in [2.24, 2.45) is 23.2 Å². The fourth-order valence-electron chi connectivity index (χ4n) is 10.2. The summed E-state index contributed by atoms with van der Waals surface area (Å²) in [5.74, 6) is 2.27. The first-order valence-electron chi connectivity index (χ1n) is 15.2. The lowest BCUT2D eigenvalue weighted by atomic mass is 9.54. The van der Waals surface area contributed by atoms with Gasteiger partial charge in [0.15, 0.2) is 5.82 Å². The molecule has 0 spiro atoms. The summed E-state index contributed by atoms with van der Waals surface area (Å²) in [6.07, 6.45) is 13.5. The first-order chi connectivity index (χ1) is 18.4. The number of aromatic nitrogens is 2. The molecule has 6 aliphatic rings. The van der Waals surface area contributed by atoms with Crippen LogP contribution in [0.1, 0.15) is 83.6 Å². The highest BCUT2D eigenvalue weighted by molar-refractivity contribution is 5.81. The van der Waals surface area contributed by atoms with Crippen molar-refractivity contribution >= 4 is 22.8 Å². The van der Waals surface area contributed by atoms with Crippen molar-refractivity contribution in [2.75, 3.05) is 11.4 Å². The van der Waals surface area contributed by atoms with Crippen LogP contribution in [0.4, 0.5) is 5.82 Å². The van der Waals surface area contributed by atoms with Crippen LogP contribution in [0.2, 0.25) is 0 Å². The quantitative estimate of drug-likeness (QED) is 0.627. The molecular weight excluding hydrogens is 476 g/mol. The molecule has 7 heteroatoms. The van der Waals surface area contributed by atoms with Gasteiger partial charge in [0.25, 0.3) is 5.56 Å². The summed E-state index contributed by atoms with van der Waals surface area (Å²) < 4.78 is 2.02. The summed E-state index contributed by atoms with van der Waals surface area (Å²) in [4.78, 5) is 35.2. The van der Waals surface area contributed by atoms with Crippen LogP contribution in [0, 0.1) is 23.2 Å². The van der Waals surface area contributed by atoms with Crippen LogP contribution >= 0.6 is 0 Å². The summed E-state index contributed by atoms with van der Waals surface area (Å²) in [5, 5.41) is 9.66. The average molecular weight is 517 g/mol. The number of rotatable bonds is 4. The Bertz CT molecular complexity index is 1340. The molecule has 0 radical (unpaired) electrons. The number of para-hydroxylation sites is 2. The fourth-order valence-corrected chi connectivity index (χ4v) is 10.2. The molecule has 6 fully saturated rings. The molecule has 3 aliphatic heterocycles. The molecule has 8 rings (SSSR count). The SMILES string of the molecule is CC12C[C@H]3C[C@@H](N4[C@@H]5CCC[C@H]4CC(n4c(=O)c(N6CC[C@@H]6C(=O)O)nc6ccccc64)C5)C[C@@H]1C[C@@H]2C3. The van der Waals surface area contributed by atoms with Crippen molar-refractivity contribution in [3.05, 3.63) is 34.6 Å². The van der Waals surface area contributed by atoms with Crippen molar-refractivity contribution < 1.29 is 9.90 Å². The minimum Gasteiger partial charge on any atom is -0.480 e. The average Bonchev–Trinajstić information content (AvgIpc) is 3.02. The Balaban J connectivity index is 1.13. The molecule has 9 atom stereocenters. The van der Waals surface area contributed by atoms with E-state index in [4.69, 9.17) is 4.98 Å². The third kappa shape index (κ3) is 3.26. The minimum absolute atomic E-state index is 0.105. The van der Waals surface area contributed by atoms with Crippen molar-refractivity contribution in [1.82, 2.24) is 14.5 Å². The highest BCUT2D eigenvalue weighted by Gasteiger charge is 2.60. The molecule has 0 amide bonds. The first-order valence-corrected chi connectivity index (χ1v) is 15.2. The van der Waals surface area contributed by atoms with E-state index in [9.17, 15) is 14.7 Å². The summed E-state index contributed by atoms with van der Waals surface area (Å²) in [6, 6.07) is 9.22. The second-order valence-corrected chi connectivity index (χ2v) is 13.8. The monoisotopic (exact) mass is 516 g/mol. The topological polar surface area (TPSA) is 78.7 Å². The lowest BCUT2D eigenvalue weighted by Gasteiger charge is -2.56.